The number of nitrogens with two attached hydrogens (primary N) is 1. The smallest absolute Gasteiger partial charge is 0.304 e. The molecule has 0 aliphatic carbocycles. The molecule has 0 aromatic carbocycles. The second kappa shape index (κ2) is 6.31. The van der Waals surface area contributed by atoms with Gasteiger partial charge in [0.15, 0.2) is 0 Å². The van der Waals surface area contributed by atoms with Gasteiger partial charge in [0.05, 0.1) is 6.42 Å². The highest BCUT2D eigenvalue weighted by molar-refractivity contribution is 7.99. The van der Waals surface area contributed by atoms with Gasteiger partial charge in [-0.15, -0.1) is 0 Å². The Morgan fingerprint density at radius 1 is 1.58 bits per heavy atom. The minimum Gasteiger partial charge on any atom is -0.481 e. The van der Waals surface area contributed by atoms with Crippen LogP contribution in [0.1, 0.15) is 20.3 Å². The van der Waals surface area contributed by atoms with Crippen molar-refractivity contribution in [2.75, 3.05) is 12.3 Å². The molecular formula is C8H17NO2S. The molecule has 4 heteroatoms. The van der Waals surface area contributed by atoms with E-state index in [0.717, 1.165) is 5.75 Å². The van der Waals surface area contributed by atoms with Gasteiger partial charge in [-0.25, -0.2) is 0 Å². The van der Waals surface area contributed by atoms with Gasteiger partial charge in [-0.3, -0.25) is 4.79 Å². The normalized spacial score (nSPS) is 15.6. The van der Waals surface area contributed by atoms with Crippen molar-refractivity contribution in [3.63, 3.8) is 0 Å². The largest absolute Gasteiger partial charge is 0.481 e. The highest BCUT2D eigenvalue weighted by atomic mass is 32.2. The minimum absolute atomic E-state index is 0.191. The van der Waals surface area contributed by atoms with E-state index in [1.54, 1.807) is 11.8 Å². The fourth-order valence-electron chi connectivity index (χ4n) is 0.701. The molecule has 3 nitrogen and oxygen atoms in total. The van der Waals surface area contributed by atoms with E-state index in [1.807, 2.05) is 6.92 Å². The number of thioether (sulfide) groups is 1. The molecule has 0 bridgehead atoms. The number of carboxylic acids is 1. The van der Waals surface area contributed by atoms with E-state index < -0.39 is 5.97 Å². The third kappa shape index (κ3) is 6.49. The molecule has 72 valence electrons. The van der Waals surface area contributed by atoms with Gasteiger partial charge >= 0.3 is 5.97 Å². The van der Waals surface area contributed by atoms with Crippen LogP contribution in [-0.4, -0.2) is 28.6 Å². The molecule has 3 N–H and O–H groups in total. The monoisotopic (exact) mass is 191 g/mol. The topological polar surface area (TPSA) is 63.3 Å². The molecule has 12 heavy (non-hydrogen) atoms. The zero-order chi connectivity index (χ0) is 9.56. The molecular weight excluding hydrogens is 174 g/mol. The maximum atomic E-state index is 10.3. The minimum atomic E-state index is -0.726. The molecule has 0 fully saturated rings. The van der Waals surface area contributed by atoms with E-state index >= 15 is 0 Å². The third-order valence-electron chi connectivity index (χ3n) is 1.53. The zero-order valence-corrected chi connectivity index (χ0v) is 8.43. The van der Waals surface area contributed by atoms with Crippen LogP contribution in [0, 0.1) is 5.92 Å². The van der Waals surface area contributed by atoms with E-state index in [-0.39, 0.29) is 11.7 Å². The van der Waals surface area contributed by atoms with Crippen LogP contribution in [0.2, 0.25) is 0 Å². The van der Waals surface area contributed by atoms with Crippen molar-refractivity contribution in [2.24, 2.45) is 11.7 Å². The number of hydrogen-bond donors (Lipinski definition) is 2. The summed E-state index contributed by atoms with van der Waals surface area (Å²) in [7, 11) is 0. The predicted octanol–water partition coefficient (Wildman–Crippen LogP) is 1.18. The predicted molar refractivity (Wildman–Crippen MR) is 52.4 cm³/mol. The van der Waals surface area contributed by atoms with Gasteiger partial charge in [0, 0.05) is 5.25 Å². The molecule has 0 amide bonds. The van der Waals surface area contributed by atoms with Crippen LogP contribution in [0.25, 0.3) is 0 Å². The molecule has 0 aromatic heterocycles. The van der Waals surface area contributed by atoms with Gasteiger partial charge < -0.3 is 10.8 Å². The van der Waals surface area contributed by atoms with Crippen LogP contribution in [0.5, 0.6) is 0 Å². The molecule has 0 saturated carbocycles. The lowest BCUT2D eigenvalue weighted by Gasteiger charge is -2.11. The SMILES string of the molecule is CC(CN)CSC(C)CC(=O)O. The summed E-state index contributed by atoms with van der Waals surface area (Å²) in [6.07, 6.45) is 0.238. The summed E-state index contributed by atoms with van der Waals surface area (Å²) in [4.78, 5) is 10.3. The molecule has 0 heterocycles. The first-order chi connectivity index (χ1) is 5.56. The maximum Gasteiger partial charge on any atom is 0.304 e. The van der Waals surface area contributed by atoms with Crippen molar-refractivity contribution in [1.29, 1.82) is 0 Å². The van der Waals surface area contributed by atoms with E-state index in [4.69, 9.17) is 10.8 Å². The number of carbonyl (C=O) groups is 1. The average molecular weight is 191 g/mol. The Labute approximate surface area is 77.7 Å². The van der Waals surface area contributed by atoms with Gasteiger partial charge in [-0.1, -0.05) is 13.8 Å². The molecule has 2 atom stereocenters. The highest BCUT2D eigenvalue weighted by Gasteiger charge is 2.09. The Hall–Kier alpha value is -0.220. The summed E-state index contributed by atoms with van der Waals surface area (Å²) < 4.78 is 0. The van der Waals surface area contributed by atoms with Crippen molar-refractivity contribution >= 4 is 17.7 Å². The van der Waals surface area contributed by atoms with Gasteiger partial charge in [0.25, 0.3) is 0 Å². The lowest BCUT2D eigenvalue weighted by Crippen LogP contribution is -2.15. The lowest BCUT2D eigenvalue weighted by molar-refractivity contribution is -0.136. The molecule has 0 radical (unpaired) electrons. The van der Waals surface area contributed by atoms with Gasteiger partial charge in [-0.2, -0.15) is 11.8 Å². The van der Waals surface area contributed by atoms with Crippen LogP contribution >= 0.6 is 11.8 Å². The van der Waals surface area contributed by atoms with E-state index in [9.17, 15) is 4.79 Å². The maximum absolute atomic E-state index is 10.3. The number of rotatable bonds is 6. The van der Waals surface area contributed by atoms with Crippen LogP contribution < -0.4 is 5.73 Å². The van der Waals surface area contributed by atoms with Crippen molar-refractivity contribution in [2.45, 2.75) is 25.5 Å². The molecule has 0 aliphatic rings. The van der Waals surface area contributed by atoms with Crippen molar-refractivity contribution in [3.8, 4) is 0 Å². The summed E-state index contributed by atoms with van der Waals surface area (Å²) in [5.74, 6) is 0.701. The molecule has 0 aromatic rings. The summed E-state index contributed by atoms with van der Waals surface area (Å²) in [5, 5.41) is 8.66. The summed E-state index contributed by atoms with van der Waals surface area (Å²) >= 11 is 1.68. The lowest BCUT2D eigenvalue weighted by atomic mass is 10.2. The fourth-order valence-corrected chi connectivity index (χ4v) is 1.75. The van der Waals surface area contributed by atoms with Crippen molar-refractivity contribution in [1.82, 2.24) is 0 Å². The second-order valence-electron chi connectivity index (χ2n) is 3.08. The van der Waals surface area contributed by atoms with E-state index in [2.05, 4.69) is 6.92 Å². The third-order valence-corrected chi connectivity index (χ3v) is 3.03. The van der Waals surface area contributed by atoms with Gasteiger partial charge in [-0.05, 0) is 18.2 Å². The van der Waals surface area contributed by atoms with E-state index in [1.165, 1.54) is 0 Å². The molecule has 0 rings (SSSR count). The molecule has 2 unspecified atom stereocenters. The van der Waals surface area contributed by atoms with Crippen LogP contribution in [0.3, 0.4) is 0 Å². The van der Waals surface area contributed by atoms with Crippen molar-refractivity contribution in [3.05, 3.63) is 0 Å². The summed E-state index contributed by atoms with van der Waals surface area (Å²) in [6.45, 7) is 4.68. The fraction of sp³-hybridized carbons (Fsp3) is 0.875. The first-order valence-electron chi connectivity index (χ1n) is 4.09. The Kier molecular flexibility index (Phi) is 6.20. The van der Waals surface area contributed by atoms with Gasteiger partial charge in [0.1, 0.15) is 0 Å². The standard InChI is InChI=1S/C8H17NO2S/c1-6(4-9)5-12-7(2)3-8(10)11/h6-7H,3-5,9H2,1-2H3,(H,10,11). The quantitative estimate of drug-likeness (QED) is 0.661. The van der Waals surface area contributed by atoms with Crippen LogP contribution in [0.15, 0.2) is 0 Å². The number of hydrogen-bond acceptors (Lipinski definition) is 3. The first kappa shape index (κ1) is 11.8. The first-order valence-corrected chi connectivity index (χ1v) is 5.14. The zero-order valence-electron chi connectivity index (χ0n) is 7.62. The average Bonchev–Trinajstić information content (AvgIpc) is 1.99. The molecule has 0 saturated heterocycles. The number of carboxylic acid groups (broad SMARTS) is 1. The van der Waals surface area contributed by atoms with E-state index in [0.29, 0.717) is 12.5 Å². The Bertz CT molecular complexity index is 141. The summed E-state index contributed by atoms with van der Waals surface area (Å²) in [6, 6.07) is 0. The Morgan fingerprint density at radius 3 is 2.58 bits per heavy atom. The van der Waals surface area contributed by atoms with Crippen LogP contribution in [0.4, 0.5) is 0 Å². The Balaban J connectivity index is 3.43. The van der Waals surface area contributed by atoms with Gasteiger partial charge in [0.2, 0.25) is 0 Å². The van der Waals surface area contributed by atoms with Crippen molar-refractivity contribution < 1.29 is 9.90 Å². The molecule has 0 spiro atoms. The second-order valence-corrected chi connectivity index (χ2v) is 4.55. The molecule has 0 aliphatic heterocycles. The number of aliphatic carboxylic acids is 1. The van der Waals surface area contributed by atoms with Crippen LogP contribution in [-0.2, 0) is 4.79 Å². The summed E-state index contributed by atoms with van der Waals surface area (Å²) in [5.41, 5.74) is 5.43. The highest BCUT2D eigenvalue weighted by Crippen LogP contribution is 2.16. The Morgan fingerprint density at radius 2 is 2.17 bits per heavy atom.